The smallest absolute Gasteiger partial charge is 0.323 e. The first-order valence-electron chi connectivity index (χ1n) is 9.74. The molecule has 0 saturated heterocycles. The number of amides is 1. The highest BCUT2D eigenvalue weighted by Gasteiger charge is 2.15. The van der Waals surface area contributed by atoms with Crippen LogP contribution in [0.5, 0.6) is 0 Å². The molecule has 1 aromatic heterocycles. The quantitative estimate of drug-likeness (QED) is 0.510. The van der Waals surface area contributed by atoms with Gasteiger partial charge in [0.25, 0.3) is 0 Å². The highest BCUT2D eigenvalue weighted by atomic mass is 16.2. The minimum Gasteiger partial charge on any atom is -0.338 e. The first-order chi connectivity index (χ1) is 14.2. The van der Waals surface area contributed by atoms with E-state index >= 15 is 0 Å². The van der Waals surface area contributed by atoms with E-state index < -0.39 is 0 Å². The lowest BCUT2D eigenvalue weighted by molar-refractivity contribution is -0.131. The van der Waals surface area contributed by atoms with Crippen molar-refractivity contribution in [2.45, 2.75) is 19.4 Å². The van der Waals surface area contributed by atoms with Crippen molar-refractivity contribution >= 4 is 16.9 Å². The number of fused-ring (bicyclic) bond motifs is 1. The lowest BCUT2D eigenvalue weighted by Crippen LogP contribution is -2.33. The van der Waals surface area contributed by atoms with Crippen LogP contribution in [0.2, 0.25) is 0 Å². The van der Waals surface area contributed by atoms with Gasteiger partial charge >= 0.3 is 5.69 Å². The van der Waals surface area contributed by atoms with E-state index in [1.165, 1.54) is 5.56 Å². The molecule has 0 aliphatic carbocycles. The van der Waals surface area contributed by atoms with E-state index in [-0.39, 0.29) is 11.6 Å². The van der Waals surface area contributed by atoms with E-state index in [4.69, 9.17) is 0 Å². The molecule has 5 nitrogen and oxygen atoms in total. The van der Waals surface area contributed by atoms with Crippen molar-refractivity contribution in [3.05, 3.63) is 106 Å². The Kier molecular flexibility index (Phi) is 5.56. The van der Waals surface area contributed by atoms with E-state index in [2.05, 4.69) is 22.1 Å². The standard InChI is InChI=1S/C24H23N3O2/c28-23(16-20-11-12-21-22(15-20)26-24(29)25-21)27(17-19-9-5-2-6-10-19)14-13-18-7-3-1-4-8-18/h1-12,15H,13-14,16-17H2,(H2,25,26,29). The van der Waals surface area contributed by atoms with Gasteiger partial charge in [0, 0.05) is 13.1 Å². The molecule has 0 aliphatic heterocycles. The molecular weight excluding hydrogens is 362 g/mol. The largest absolute Gasteiger partial charge is 0.338 e. The van der Waals surface area contributed by atoms with Gasteiger partial charge in [-0.05, 0) is 35.2 Å². The van der Waals surface area contributed by atoms with Crippen LogP contribution >= 0.6 is 0 Å². The van der Waals surface area contributed by atoms with E-state index in [1.54, 1.807) is 0 Å². The molecular formula is C24H23N3O2. The Hall–Kier alpha value is -3.60. The van der Waals surface area contributed by atoms with Crippen molar-refractivity contribution in [3.8, 4) is 0 Å². The van der Waals surface area contributed by atoms with Crippen molar-refractivity contribution in [1.82, 2.24) is 14.9 Å². The molecule has 1 amide bonds. The Morgan fingerprint density at radius 2 is 1.41 bits per heavy atom. The summed E-state index contributed by atoms with van der Waals surface area (Å²) < 4.78 is 0. The lowest BCUT2D eigenvalue weighted by atomic mass is 10.1. The lowest BCUT2D eigenvalue weighted by Gasteiger charge is -2.23. The van der Waals surface area contributed by atoms with Crippen LogP contribution in [0.3, 0.4) is 0 Å². The number of carbonyl (C=O) groups is 1. The van der Waals surface area contributed by atoms with Gasteiger partial charge < -0.3 is 14.9 Å². The zero-order valence-electron chi connectivity index (χ0n) is 16.1. The summed E-state index contributed by atoms with van der Waals surface area (Å²) in [6.45, 7) is 1.23. The summed E-state index contributed by atoms with van der Waals surface area (Å²) in [6.07, 6.45) is 1.11. The van der Waals surface area contributed by atoms with E-state index in [0.717, 1.165) is 28.6 Å². The van der Waals surface area contributed by atoms with E-state index in [9.17, 15) is 9.59 Å². The maximum atomic E-state index is 13.1. The summed E-state index contributed by atoms with van der Waals surface area (Å²) in [5.74, 6) is 0.0713. The van der Waals surface area contributed by atoms with Crippen molar-refractivity contribution in [2.24, 2.45) is 0 Å². The van der Waals surface area contributed by atoms with Crippen LogP contribution in [0.1, 0.15) is 16.7 Å². The van der Waals surface area contributed by atoms with Gasteiger partial charge in [-0.3, -0.25) is 4.79 Å². The van der Waals surface area contributed by atoms with Gasteiger partial charge in [0.2, 0.25) is 5.91 Å². The third kappa shape index (κ3) is 4.82. The highest BCUT2D eigenvalue weighted by Crippen LogP contribution is 2.14. The molecule has 1 heterocycles. The Labute approximate surface area is 169 Å². The molecule has 4 aromatic rings. The third-order valence-corrected chi connectivity index (χ3v) is 5.02. The monoisotopic (exact) mass is 385 g/mol. The minimum atomic E-state index is -0.239. The number of carbonyl (C=O) groups excluding carboxylic acids is 1. The van der Waals surface area contributed by atoms with E-state index in [1.807, 2.05) is 71.6 Å². The molecule has 0 unspecified atom stereocenters. The normalized spacial score (nSPS) is 10.9. The van der Waals surface area contributed by atoms with Crippen molar-refractivity contribution in [3.63, 3.8) is 0 Å². The second-order valence-electron chi connectivity index (χ2n) is 7.17. The number of aromatic nitrogens is 2. The molecule has 146 valence electrons. The zero-order chi connectivity index (χ0) is 20.1. The third-order valence-electron chi connectivity index (χ3n) is 5.02. The number of rotatable bonds is 7. The fraction of sp³-hybridized carbons (Fsp3) is 0.167. The van der Waals surface area contributed by atoms with Gasteiger partial charge in [0.1, 0.15) is 0 Å². The number of nitrogens with zero attached hydrogens (tertiary/aromatic N) is 1. The van der Waals surface area contributed by atoms with Gasteiger partial charge in [-0.1, -0.05) is 66.7 Å². The number of aromatic amines is 2. The minimum absolute atomic E-state index is 0.0713. The highest BCUT2D eigenvalue weighted by molar-refractivity contribution is 5.81. The van der Waals surface area contributed by atoms with Gasteiger partial charge in [-0.15, -0.1) is 0 Å². The van der Waals surface area contributed by atoms with Crippen molar-refractivity contribution < 1.29 is 4.79 Å². The second kappa shape index (κ2) is 8.61. The Morgan fingerprint density at radius 3 is 2.14 bits per heavy atom. The number of benzene rings is 3. The molecule has 0 fully saturated rings. The van der Waals surface area contributed by atoms with E-state index in [0.29, 0.717) is 19.5 Å². The topological polar surface area (TPSA) is 69.0 Å². The summed E-state index contributed by atoms with van der Waals surface area (Å²) in [5, 5.41) is 0. The second-order valence-corrected chi connectivity index (χ2v) is 7.17. The SMILES string of the molecule is O=C(Cc1ccc2[nH]c(=O)[nH]c2c1)N(CCc1ccccc1)Cc1ccccc1. The molecule has 2 N–H and O–H groups in total. The maximum absolute atomic E-state index is 13.1. The molecule has 0 atom stereocenters. The summed E-state index contributed by atoms with van der Waals surface area (Å²) in [6, 6.07) is 25.8. The fourth-order valence-electron chi connectivity index (χ4n) is 3.48. The van der Waals surface area contributed by atoms with Crippen LogP contribution in [0.15, 0.2) is 83.7 Å². The van der Waals surface area contributed by atoms with Crippen molar-refractivity contribution in [1.29, 1.82) is 0 Å². The fourth-order valence-corrected chi connectivity index (χ4v) is 3.48. The average molecular weight is 385 g/mol. The predicted molar refractivity (Wildman–Crippen MR) is 115 cm³/mol. The number of imidazole rings is 1. The first-order valence-corrected chi connectivity index (χ1v) is 9.74. The summed E-state index contributed by atoms with van der Waals surface area (Å²) >= 11 is 0. The van der Waals surface area contributed by atoms with Crippen LogP contribution < -0.4 is 5.69 Å². The number of hydrogen-bond acceptors (Lipinski definition) is 2. The van der Waals surface area contributed by atoms with Gasteiger partial charge in [-0.25, -0.2) is 4.79 Å². The van der Waals surface area contributed by atoms with Gasteiger partial charge in [0.15, 0.2) is 0 Å². The van der Waals surface area contributed by atoms with Crippen molar-refractivity contribution in [2.75, 3.05) is 6.54 Å². The van der Waals surface area contributed by atoms with Crippen LogP contribution in [0, 0.1) is 0 Å². The summed E-state index contributed by atoms with van der Waals surface area (Å²) in [7, 11) is 0. The molecule has 0 aliphatic rings. The van der Waals surface area contributed by atoms with Gasteiger partial charge in [0.05, 0.1) is 17.5 Å². The predicted octanol–water partition coefficient (Wildman–Crippen LogP) is 3.67. The Bertz CT molecular complexity index is 1150. The number of hydrogen-bond donors (Lipinski definition) is 2. The molecule has 4 rings (SSSR count). The molecule has 0 radical (unpaired) electrons. The average Bonchev–Trinajstić information content (AvgIpc) is 3.12. The first kappa shape index (κ1) is 18.7. The Morgan fingerprint density at radius 1 is 0.759 bits per heavy atom. The zero-order valence-corrected chi connectivity index (χ0v) is 16.1. The van der Waals surface area contributed by atoms with Crippen LogP contribution in [0.25, 0.3) is 11.0 Å². The number of nitrogens with one attached hydrogen (secondary N) is 2. The Balaban J connectivity index is 1.51. The molecule has 29 heavy (non-hydrogen) atoms. The molecule has 0 bridgehead atoms. The summed E-state index contributed by atoms with van der Waals surface area (Å²) in [4.78, 5) is 32.0. The van der Waals surface area contributed by atoms with Crippen LogP contribution in [0.4, 0.5) is 0 Å². The summed E-state index contributed by atoms with van der Waals surface area (Å²) in [5.41, 5.74) is 4.44. The number of H-pyrrole nitrogens is 2. The molecule has 0 saturated carbocycles. The van der Waals surface area contributed by atoms with Crippen LogP contribution in [-0.2, 0) is 24.2 Å². The van der Waals surface area contributed by atoms with Crippen LogP contribution in [-0.4, -0.2) is 27.3 Å². The molecule has 0 spiro atoms. The molecule has 5 heteroatoms. The molecule has 3 aromatic carbocycles. The maximum Gasteiger partial charge on any atom is 0.323 e. The van der Waals surface area contributed by atoms with Gasteiger partial charge in [-0.2, -0.15) is 0 Å².